The molecule has 0 saturated carbocycles. The summed E-state index contributed by atoms with van der Waals surface area (Å²) in [5.74, 6) is 0. The molecule has 14 nitrogen and oxygen atoms in total. The summed E-state index contributed by atoms with van der Waals surface area (Å²) in [6, 6.07) is 36.5. The zero-order chi connectivity index (χ0) is 40.0. The Morgan fingerprint density at radius 3 is 1.95 bits per heavy atom. The zero-order valence-electron chi connectivity index (χ0n) is 32.5. The van der Waals surface area contributed by atoms with Gasteiger partial charge in [-0.05, 0) is 114 Å². The van der Waals surface area contributed by atoms with Gasteiger partial charge in [0.2, 0.25) is 0 Å². The van der Waals surface area contributed by atoms with Crippen molar-refractivity contribution in [2.75, 3.05) is 0 Å². The van der Waals surface area contributed by atoms with E-state index in [1.807, 2.05) is 105 Å². The van der Waals surface area contributed by atoms with Gasteiger partial charge in [-0.2, -0.15) is 24.2 Å². The first-order valence-corrected chi connectivity index (χ1v) is 19.9. The van der Waals surface area contributed by atoms with Crippen LogP contribution < -0.4 is 64.4 Å². The molecular weight excluding hydrogens is 823 g/mol. The van der Waals surface area contributed by atoms with Crippen LogP contribution in [0.15, 0.2) is 141 Å². The van der Waals surface area contributed by atoms with E-state index in [0.717, 1.165) is 56.3 Å². The van der Waals surface area contributed by atoms with E-state index < -0.39 is 10.1 Å². The first kappa shape index (κ1) is 43.4. The Balaban J connectivity index is 0.00000272. The Bertz CT molecular complexity index is 3250. The number of azo groups is 1. The SMILES string of the molecule is Cc1cc(N=Nc2ccc(-n3nc4ccc5cc(S(=O)(=O)[O-])ccc5c4n3)cc2)ccc1C=Cc1ccc(-n2nc3cc(SOO[O-])c4ccccc4c3n2)cc1C.[Na+].[Na+]. The molecule has 7 aromatic carbocycles. The van der Waals surface area contributed by atoms with E-state index in [9.17, 15) is 18.2 Å². The van der Waals surface area contributed by atoms with E-state index >= 15 is 0 Å². The molecule has 0 aliphatic heterocycles. The molecule has 2 heterocycles. The first-order chi connectivity index (χ1) is 28.1. The van der Waals surface area contributed by atoms with E-state index in [2.05, 4.69) is 41.9 Å². The molecular formula is C42H28N8Na2O6S2. The average molecular weight is 851 g/mol. The Morgan fingerprint density at radius 2 is 1.25 bits per heavy atom. The summed E-state index contributed by atoms with van der Waals surface area (Å²) in [5.41, 5.74) is 9.64. The average Bonchev–Trinajstić information content (AvgIpc) is 3.87. The molecule has 0 radical (unpaired) electrons. The van der Waals surface area contributed by atoms with Crippen LogP contribution in [0.5, 0.6) is 0 Å². The van der Waals surface area contributed by atoms with Crippen molar-refractivity contribution >= 4 is 89.3 Å². The second kappa shape index (κ2) is 18.1. The van der Waals surface area contributed by atoms with Crippen molar-refractivity contribution in [1.82, 2.24) is 30.0 Å². The molecule has 286 valence electrons. The van der Waals surface area contributed by atoms with Gasteiger partial charge in [0.25, 0.3) is 0 Å². The molecule has 9 rings (SSSR count). The quantitative estimate of drug-likeness (QED) is 0.0375. The van der Waals surface area contributed by atoms with Gasteiger partial charge in [-0.1, -0.05) is 60.7 Å². The smallest absolute Gasteiger partial charge is 0.744 e. The van der Waals surface area contributed by atoms with Crippen LogP contribution in [0.2, 0.25) is 0 Å². The molecule has 2 aromatic heterocycles. The second-order valence-electron chi connectivity index (χ2n) is 13.4. The van der Waals surface area contributed by atoms with E-state index in [0.29, 0.717) is 49.3 Å². The molecule has 60 heavy (non-hydrogen) atoms. The molecule has 0 saturated heterocycles. The summed E-state index contributed by atoms with van der Waals surface area (Å²) in [7, 11) is -4.57. The minimum atomic E-state index is -4.57. The van der Waals surface area contributed by atoms with Crippen LogP contribution >= 0.6 is 12.0 Å². The molecule has 0 atom stereocenters. The number of rotatable bonds is 10. The van der Waals surface area contributed by atoms with Crippen LogP contribution in [0, 0.1) is 13.8 Å². The van der Waals surface area contributed by atoms with Crippen LogP contribution in [-0.2, 0) is 19.5 Å². The van der Waals surface area contributed by atoms with Gasteiger partial charge >= 0.3 is 59.1 Å². The van der Waals surface area contributed by atoms with Crippen molar-refractivity contribution in [2.45, 2.75) is 23.6 Å². The third-order valence-electron chi connectivity index (χ3n) is 9.68. The number of benzene rings is 7. The fourth-order valence-corrected chi connectivity index (χ4v) is 7.77. The van der Waals surface area contributed by atoms with Gasteiger partial charge in [0.1, 0.15) is 32.2 Å². The van der Waals surface area contributed by atoms with Gasteiger partial charge in [-0.25, -0.2) is 8.42 Å². The molecule has 0 amide bonds. The van der Waals surface area contributed by atoms with E-state index in [-0.39, 0.29) is 64.0 Å². The minimum Gasteiger partial charge on any atom is -0.744 e. The standard InChI is InChI=1S/C42H30N8O6S2.2Na/c1-25-21-31(44-43-30-13-16-32(17-14-30)49-45-38-20-11-29-23-34(58(52,53)54)18-19-35(29)41(38)47-49)12-9-27(25)7-8-28-10-15-33(22-26(28)2)50-46-39-24-40(57-56-55-51)36-5-3-4-6-37(36)42(39)48-50;;/h3-24,51H,1-2H3,(H,52,53,54);;/q;2*+1/p-2. The molecule has 0 N–H and O–H groups in total. The first-order valence-electron chi connectivity index (χ1n) is 17.7. The predicted molar refractivity (Wildman–Crippen MR) is 218 cm³/mol. The number of aromatic nitrogens is 6. The predicted octanol–water partition coefficient (Wildman–Crippen LogP) is 2.81. The third-order valence-corrected chi connectivity index (χ3v) is 11.1. The van der Waals surface area contributed by atoms with Crippen LogP contribution in [0.3, 0.4) is 0 Å². The van der Waals surface area contributed by atoms with Gasteiger partial charge in [0, 0.05) is 21.1 Å². The van der Waals surface area contributed by atoms with Crippen molar-refractivity contribution in [1.29, 1.82) is 0 Å². The van der Waals surface area contributed by atoms with Crippen molar-refractivity contribution in [2.24, 2.45) is 10.2 Å². The van der Waals surface area contributed by atoms with Gasteiger partial charge in [-0.15, -0.1) is 20.4 Å². The maximum absolute atomic E-state index is 11.5. The molecule has 0 spiro atoms. The normalized spacial score (nSPS) is 11.9. The molecule has 0 bridgehead atoms. The van der Waals surface area contributed by atoms with Crippen LogP contribution in [-0.4, -0.2) is 43.0 Å². The Hall–Kier alpha value is -4.66. The number of hydrogen-bond donors (Lipinski definition) is 0. The summed E-state index contributed by atoms with van der Waals surface area (Å²) in [6.45, 7) is 4.07. The fraction of sp³-hybridized carbons (Fsp3) is 0.0476. The summed E-state index contributed by atoms with van der Waals surface area (Å²) in [6.07, 6.45) is 4.14. The van der Waals surface area contributed by atoms with Crippen molar-refractivity contribution < 1.29 is 86.7 Å². The summed E-state index contributed by atoms with van der Waals surface area (Å²) in [5, 5.41) is 44.6. The summed E-state index contributed by atoms with van der Waals surface area (Å²) in [4.78, 5) is 3.51. The maximum atomic E-state index is 11.5. The van der Waals surface area contributed by atoms with Crippen LogP contribution in [0.1, 0.15) is 22.3 Å². The summed E-state index contributed by atoms with van der Waals surface area (Å²) < 4.78 is 39.0. The van der Waals surface area contributed by atoms with Crippen LogP contribution in [0.4, 0.5) is 11.4 Å². The molecule has 0 unspecified atom stereocenters. The molecule has 9 aromatic rings. The van der Waals surface area contributed by atoms with Crippen molar-refractivity contribution in [3.63, 3.8) is 0 Å². The zero-order valence-corrected chi connectivity index (χ0v) is 38.2. The van der Waals surface area contributed by atoms with E-state index in [1.165, 1.54) is 16.9 Å². The molecule has 0 aliphatic carbocycles. The summed E-state index contributed by atoms with van der Waals surface area (Å²) >= 11 is 0.833. The molecule has 18 heteroatoms. The second-order valence-corrected chi connectivity index (χ2v) is 15.5. The van der Waals surface area contributed by atoms with E-state index in [4.69, 9.17) is 10.2 Å². The van der Waals surface area contributed by atoms with E-state index in [1.54, 1.807) is 23.0 Å². The van der Waals surface area contributed by atoms with Gasteiger partial charge < -0.3 is 9.81 Å². The van der Waals surface area contributed by atoms with Crippen molar-refractivity contribution in [3.05, 3.63) is 144 Å². The Labute approximate surface area is 391 Å². The Kier molecular flexibility index (Phi) is 13.1. The number of aryl methyl sites for hydroxylation is 2. The maximum Gasteiger partial charge on any atom is 1.00 e. The topological polar surface area (TPSA) is 185 Å². The molecule has 0 fully saturated rings. The largest absolute Gasteiger partial charge is 1.00 e. The number of fused-ring (bicyclic) bond motifs is 6. The third kappa shape index (κ3) is 8.87. The Morgan fingerprint density at radius 1 is 0.633 bits per heavy atom. The van der Waals surface area contributed by atoms with Gasteiger partial charge in [0.15, 0.2) is 0 Å². The van der Waals surface area contributed by atoms with Gasteiger partial charge in [-0.3, -0.25) is 5.04 Å². The fourth-order valence-electron chi connectivity index (χ4n) is 6.73. The van der Waals surface area contributed by atoms with Gasteiger partial charge in [0.05, 0.1) is 39.7 Å². The number of nitrogens with zero attached hydrogens (tertiary/aromatic N) is 8. The van der Waals surface area contributed by atoms with Crippen molar-refractivity contribution in [3.8, 4) is 11.4 Å². The molecule has 0 aliphatic rings. The van der Waals surface area contributed by atoms with Crippen LogP contribution in [0.25, 0.3) is 67.1 Å². The minimum absolute atomic E-state index is 0. The number of hydrogen-bond acceptors (Lipinski definition) is 13. The monoisotopic (exact) mass is 850 g/mol.